The summed E-state index contributed by atoms with van der Waals surface area (Å²) in [6, 6.07) is 0.586. The molecule has 1 aliphatic heterocycles. The smallest absolute Gasteiger partial charge is 0.136 e. The Morgan fingerprint density at radius 2 is 1.95 bits per heavy atom. The Labute approximate surface area is 118 Å². The molecule has 0 bridgehead atoms. The van der Waals surface area contributed by atoms with Crippen LogP contribution in [-0.2, 0) is 4.79 Å². The van der Waals surface area contributed by atoms with Crippen molar-refractivity contribution in [1.82, 2.24) is 10.2 Å². The number of hydrogen-bond acceptors (Lipinski definition) is 3. The van der Waals surface area contributed by atoms with Gasteiger partial charge in [0.05, 0.1) is 0 Å². The summed E-state index contributed by atoms with van der Waals surface area (Å²) >= 11 is 0. The topological polar surface area (TPSA) is 32.3 Å². The van der Waals surface area contributed by atoms with E-state index in [1.54, 1.807) is 0 Å². The van der Waals surface area contributed by atoms with Crippen LogP contribution in [0.15, 0.2) is 0 Å². The molecular formula is C16H30N2O. The Hall–Kier alpha value is -0.410. The molecule has 2 aliphatic rings. The van der Waals surface area contributed by atoms with Gasteiger partial charge >= 0.3 is 0 Å². The molecule has 1 aliphatic carbocycles. The summed E-state index contributed by atoms with van der Waals surface area (Å²) in [5.74, 6) is 1.76. The molecule has 0 aromatic carbocycles. The highest BCUT2D eigenvalue weighted by molar-refractivity contribution is 5.81. The summed E-state index contributed by atoms with van der Waals surface area (Å²) in [6.45, 7) is 2.48. The number of carbonyl (C=O) groups excluding carboxylic acids is 1. The number of carbonyl (C=O) groups is 1. The summed E-state index contributed by atoms with van der Waals surface area (Å²) in [4.78, 5) is 14.6. The van der Waals surface area contributed by atoms with E-state index in [0.29, 0.717) is 17.7 Å². The maximum absolute atomic E-state index is 12.2. The van der Waals surface area contributed by atoms with Crippen molar-refractivity contribution in [2.45, 2.75) is 57.4 Å². The van der Waals surface area contributed by atoms with Gasteiger partial charge < -0.3 is 10.2 Å². The number of piperidine rings is 1. The van der Waals surface area contributed by atoms with Crippen LogP contribution >= 0.6 is 0 Å². The zero-order chi connectivity index (χ0) is 13.7. The van der Waals surface area contributed by atoms with Crippen LogP contribution in [0, 0.1) is 11.8 Å². The molecule has 0 amide bonds. The van der Waals surface area contributed by atoms with Crippen molar-refractivity contribution in [3.8, 4) is 0 Å². The molecule has 0 aromatic heterocycles. The first-order chi connectivity index (χ1) is 9.19. The van der Waals surface area contributed by atoms with Crippen LogP contribution in [0.4, 0.5) is 0 Å². The van der Waals surface area contributed by atoms with Crippen molar-refractivity contribution >= 4 is 5.78 Å². The highest BCUT2D eigenvalue weighted by atomic mass is 16.1. The van der Waals surface area contributed by atoms with Crippen LogP contribution in [0.5, 0.6) is 0 Å². The maximum Gasteiger partial charge on any atom is 0.136 e. The average molecular weight is 266 g/mol. The summed E-state index contributed by atoms with van der Waals surface area (Å²) < 4.78 is 0. The van der Waals surface area contributed by atoms with Crippen LogP contribution in [0.3, 0.4) is 0 Å². The van der Waals surface area contributed by atoms with E-state index in [2.05, 4.69) is 17.3 Å². The van der Waals surface area contributed by atoms with E-state index >= 15 is 0 Å². The van der Waals surface area contributed by atoms with Crippen molar-refractivity contribution < 1.29 is 4.79 Å². The fraction of sp³-hybridized carbons (Fsp3) is 0.938. The van der Waals surface area contributed by atoms with Gasteiger partial charge in [0.1, 0.15) is 5.78 Å². The van der Waals surface area contributed by atoms with Crippen LogP contribution in [0.25, 0.3) is 0 Å². The molecule has 110 valence electrons. The van der Waals surface area contributed by atoms with Crippen LogP contribution in [0.2, 0.25) is 0 Å². The lowest BCUT2D eigenvalue weighted by Gasteiger charge is -2.28. The molecule has 1 heterocycles. The molecule has 1 saturated carbocycles. The standard InChI is InChI=1S/C16H30N2O/c1-17-15-7-6-14(12-15)16(19)5-3-4-13-8-10-18(2)11-9-13/h13-15,17H,3-12H2,1-2H3. The second kappa shape index (κ2) is 7.39. The van der Waals surface area contributed by atoms with Gasteiger partial charge in [0.15, 0.2) is 0 Å². The third-order valence-electron chi connectivity index (χ3n) is 5.17. The maximum atomic E-state index is 12.2. The zero-order valence-electron chi connectivity index (χ0n) is 12.7. The Morgan fingerprint density at radius 1 is 1.21 bits per heavy atom. The highest BCUT2D eigenvalue weighted by Crippen LogP contribution is 2.28. The van der Waals surface area contributed by atoms with Gasteiger partial charge in [0.2, 0.25) is 0 Å². The molecule has 2 fully saturated rings. The van der Waals surface area contributed by atoms with Crippen molar-refractivity contribution in [1.29, 1.82) is 0 Å². The lowest BCUT2D eigenvalue weighted by atomic mass is 9.90. The molecule has 2 unspecified atom stereocenters. The fourth-order valence-electron chi connectivity index (χ4n) is 3.66. The Bertz CT molecular complexity index is 284. The summed E-state index contributed by atoms with van der Waals surface area (Å²) in [5, 5.41) is 3.30. The third-order valence-corrected chi connectivity index (χ3v) is 5.17. The monoisotopic (exact) mass is 266 g/mol. The number of likely N-dealkylation sites (tertiary alicyclic amines) is 1. The van der Waals surface area contributed by atoms with Gasteiger partial charge in [-0.3, -0.25) is 4.79 Å². The number of Topliss-reactive ketones (excluding diaryl/α,β-unsaturated/α-hetero) is 1. The average Bonchev–Trinajstić information content (AvgIpc) is 2.90. The normalized spacial score (nSPS) is 29.8. The van der Waals surface area contributed by atoms with Gasteiger partial charge in [-0.1, -0.05) is 0 Å². The number of rotatable bonds is 6. The lowest BCUT2D eigenvalue weighted by Crippen LogP contribution is -2.30. The molecule has 0 spiro atoms. The minimum absolute atomic E-state index is 0.356. The van der Waals surface area contributed by atoms with Gasteiger partial charge in [-0.15, -0.1) is 0 Å². The van der Waals surface area contributed by atoms with E-state index in [1.165, 1.54) is 38.8 Å². The first-order valence-electron chi connectivity index (χ1n) is 8.07. The summed E-state index contributed by atoms with van der Waals surface area (Å²) in [5.41, 5.74) is 0. The van der Waals surface area contributed by atoms with Gasteiger partial charge in [-0.25, -0.2) is 0 Å². The second-order valence-corrected chi connectivity index (χ2v) is 6.60. The molecule has 2 atom stereocenters. The van der Waals surface area contributed by atoms with Crippen LogP contribution in [0.1, 0.15) is 51.4 Å². The molecule has 1 N–H and O–H groups in total. The van der Waals surface area contributed by atoms with Crippen LogP contribution < -0.4 is 5.32 Å². The molecule has 3 heteroatoms. The zero-order valence-corrected chi connectivity index (χ0v) is 12.7. The van der Waals surface area contributed by atoms with Crippen molar-refractivity contribution in [2.75, 3.05) is 27.2 Å². The van der Waals surface area contributed by atoms with E-state index in [-0.39, 0.29) is 0 Å². The van der Waals surface area contributed by atoms with Gasteiger partial charge in [0.25, 0.3) is 0 Å². The molecule has 0 aromatic rings. The van der Waals surface area contributed by atoms with Crippen LogP contribution in [-0.4, -0.2) is 43.9 Å². The van der Waals surface area contributed by atoms with E-state index in [9.17, 15) is 4.79 Å². The number of hydrogen-bond donors (Lipinski definition) is 1. The Morgan fingerprint density at radius 3 is 2.58 bits per heavy atom. The molecule has 0 radical (unpaired) electrons. The molecule has 3 nitrogen and oxygen atoms in total. The van der Waals surface area contributed by atoms with Crippen molar-refractivity contribution in [2.24, 2.45) is 11.8 Å². The largest absolute Gasteiger partial charge is 0.317 e. The second-order valence-electron chi connectivity index (χ2n) is 6.60. The highest BCUT2D eigenvalue weighted by Gasteiger charge is 2.28. The van der Waals surface area contributed by atoms with Gasteiger partial charge in [0, 0.05) is 18.4 Å². The SMILES string of the molecule is CNC1CCC(C(=O)CCCC2CCN(C)CC2)C1. The van der Waals surface area contributed by atoms with E-state index in [1.807, 2.05) is 7.05 Å². The van der Waals surface area contributed by atoms with Crippen molar-refractivity contribution in [3.05, 3.63) is 0 Å². The van der Waals surface area contributed by atoms with E-state index in [0.717, 1.165) is 31.6 Å². The Kier molecular flexibility index (Phi) is 5.83. The minimum atomic E-state index is 0.356. The lowest BCUT2D eigenvalue weighted by molar-refractivity contribution is -0.122. The molecule has 1 saturated heterocycles. The van der Waals surface area contributed by atoms with E-state index in [4.69, 9.17) is 0 Å². The first kappa shape index (κ1) is 15.0. The Balaban J connectivity index is 1.59. The predicted molar refractivity (Wildman–Crippen MR) is 79.3 cm³/mol. The van der Waals surface area contributed by atoms with Crippen molar-refractivity contribution in [3.63, 3.8) is 0 Å². The molecule has 19 heavy (non-hydrogen) atoms. The fourth-order valence-corrected chi connectivity index (χ4v) is 3.66. The molecular weight excluding hydrogens is 236 g/mol. The minimum Gasteiger partial charge on any atom is -0.317 e. The number of nitrogens with zero attached hydrogens (tertiary/aromatic N) is 1. The summed E-state index contributed by atoms with van der Waals surface area (Å²) in [6.07, 6.45) is 9.24. The van der Waals surface area contributed by atoms with Gasteiger partial charge in [-0.2, -0.15) is 0 Å². The summed E-state index contributed by atoms with van der Waals surface area (Å²) in [7, 11) is 4.22. The van der Waals surface area contributed by atoms with Gasteiger partial charge in [-0.05, 0) is 78.0 Å². The number of ketones is 1. The third kappa shape index (κ3) is 4.57. The number of nitrogens with one attached hydrogen (secondary N) is 1. The van der Waals surface area contributed by atoms with E-state index < -0.39 is 0 Å². The predicted octanol–water partition coefficient (Wildman–Crippen LogP) is 2.46. The first-order valence-corrected chi connectivity index (χ1v) is 8.07. The molecule has 2 rings (SSSR count). The quantitative estimate of drug-likeness (QED) is 0.801.